The summed E-state index contributed by atoms with van der Waals surface area (Å²) < 4.78 is 44.3. The summed E-state index contributed by atoms with van der Waals surface area (Å²) in [7, 11) is 4.13. The molecule has 3 aromatic carbocycles. The molecule has 236 valence electrons. The van der Waals surface area contributed by atoms with Crippen LogP contribution in [-0.4, -0.2) is 52.6 Å². The van der Waals surface area contributed by atoms with Crippen LogP contribution < -0.4 is 26.6 Å². The second-order valence-corrected chi connectivity index (χ2v) is 11.0. The summed E-state index contributed by atoms with van der Waals surface area (Å²) in [5, 5.41) is 16.0. The molecule has 1 aliphatic heterocycles. The molecule has 12 heteroatoms. The number of nitrogens with one attached hydrogen (secondary N) is 2. The zero-order chi connectivity index (χ0) is 32.4. The van der Waals surface area contributed by atoms with Gasteiger partial charge in [-0.3, -0.25) is 14.2 Å². The first kappa shape index (κ1) is 31.8. The van der Waals surface area contributed by atoms with Crippen molar-refractivity contribution in [3.63, 3.8) is 0 Å². The zero-order valence-electron chi connectivity index (χ0n) is 25.3. The number of amides is 1. The molecule has 1 amide bonds. The van der Waals surface area contributed by atoms with Crippen LogP contribution in [0.2, 0.25) is 0 Å². The highest BCUT2D eigenvalue weighted by Crippen LogP contribution is 2.37. The Bertz CT molecular complexity index is 1890. The number of aromatic nitrogens is 2. The van der Waals surface area contributed by atoms with Crippen molar-refractivity contribution in [1.29, 1.82) is 0 Å². The maximum absolute atomic E-state index is 16.2. The molecule has 10 nitrogen and oxygen atoms in total. The second kappa shape index (κ2) is 13.1. The smallest absolute Gasteiger partial charge is 0.330 e. The van der Waals surface area contributed by atoms with Gasteiger partial charge in [-0.2, -0.15) is 0 Å². The first-order chi connectivity index (χ1) is 21.5. The summed E-state index contributed by atoms with van der Waals surface area (Å²) in [6.45, 7) is 2.50. The largest absolute Gasteiger partial charge is 0.496 e. The fourth-order valence-corrected chi connectivity index (χ4v) is 5.49. The lowest BCUT2D eigenvalue weighted by Gasteiger charge is -2.29. The van der Waals surface area contributed by atoms with Gasteiger partial charge in [-0.15, -0.1) is 0 Å². The molecular weight excluding hydrogens is 586 g/mol. The minimum Gasteiger partial charge on any atom is -0.496 e. The SMILES string of the molecule is COc1cc(-c2cccc(-c3cccc(NC(=O)c4cn(C)c(=O)n(C)c4=O)c3C)c2F)cc(F)c1CN[C@H]1CCOC[C@@H]1O. The Balaban J connectivity index is 1.45. The number of benzene rings is 3. The van der Waals surface area contributed by atoms with Crippen molar-refractivity contribution < 1.29 is 28.2 Å². The van der Waals surface area contributed by atoms with Crippen LogP contribution in [0.25, 0.3) is 22.3 Å². The Kier molecular flexibility index (Phi) is 9.28. The highest BCUT2D eigenvalue weighted by Gasteiger charge is 2.25. The van der Waals surface area contributed by atoms with E-state index in [1.54, 1.807) is 49.4 Å². The predicted octanol–water partition coefficient (Wildman–Crippen LogP) is 3.50. The lowest BCUT2D eigenvalue weighted by molar-refractivity contribution is -0.0281. The molecule has 1 fully saturated rings. The lowest BCUT2D eigenvalue weighted by atomic mass is 9.94. The van der Waals surface area contributed by atoms with Gasteiger partial charge in [0, 0.05) is 61.9 Å². The van der Waals surface area contributed by atoms with Gasteiger partial charge in [-0.1, -0.05) is 30.3 Å². The van der Waals surface area contributed by atoms with E-state index >= 15 is 8.78 Å². The van der Waals surface area contributed by atoms with Crippen molar-refractivity contribution in [3.8, 4) is 28.0 Å². The number of nitrogens with zero attached hydrogens (tertiary/aromatic N) is 2. The van der Waals surface area contributed by atoms with E-state index in [0.29, 0.717) is 29.8 Å². The van der Waals surface area contributed by atoms with Crippen LogP contribution >= 0.6 is 0 Å². The number of halogens is 2. The Labute approximate surface area is 257 Å². The fraction of sp³-hybridized carbons (Fsp3) is 0.303. The minimum absolute atomic E-state index is 0.0998. The number of rotatable bonds is 8. The van der Waals surface area contributed by atoms with Crippen LogP contribution in [0.4, 0.5) is 14.5 Å². The molecule has 1 saturated heterocycles. The Hall–Kier alpha value is -4.65. The number of aliphatic hydroxyl groups excluding tert-OH is 1. The van der Waals surface area contributed by atoms with E-state index in [1.807, 2.05) is 0 Å². The van der Waals surface area contributed by atoms with Crippen molar-refractivity contribution >= 4 is 11.6 Å². The summed E-state index contributed by atoms with van der Waals surface area (Å²) in [6.07, 6.45) is 1.04. The topological polar surface area (TPSA) is 124 Å². The normalized spacial score (nSPS) is 16.4. The quantitative estimate of drug-likeness (QED) is 0.276. The number of hydrogen-bond acceptors (Lipinski definition) is 7. The third kappa shape index (κ3) is 6.30. The number of aliphatic hydroxyl groups is 1. The van der Waals surface area contributed by atoms with Gasteiger partial charge in [0.05, 0.1) is 19.8 Å². The van der Waals surface area contributed by atoms with Crippen LogP contribution in [0.3, 0.4) is 0 Å². The number of carbonyl (C=O) groups excluding carboxylic acids is 1. The maximum Gasteiger partial charge on any atom is 0.330 e. The van der Waals surface area contributed by atoms with Gasteiger partial charge in [0.2, 0.25) is 0 Å². The Morgan fingerprint density at radius 2 is 1.80 bits per heavy atom. The number of ether oxygens (including phenoxy) is 2. The van der Waals surface area contributed by atoms with Gasteiger partial charge in [-0.05, 0) is 48.2 Å². The molecule has 4 aromatic rings. The van der Waals surface area contributed by atoms with E-state index in [2.05, 4.69) is 10.6 Å². The van der Waals surface area contributed by atoms with Gasteiger partial charge in [0.15, 0.2) is 0 Å². The van der Waals surface area contributed by atoms with E-state index in [0.717, 1.165) is 9.13 Å². The van der Waals surface area contributed by atoms with Crippen LogP contribution in [0, 0.1) is 18.6 Å². The number of methoxy groups -OCH3 is 1. The van der Waals surface area contributed by atoms with Crippen LogP contribution in [0.1, 0.15) is 27.9 Å². The summed E-state index contributed by atoms with van der Waals surface area (Å²) >= 11 is 0. The third-order valence-electron chi connectivity index (χ3n) is 8.11. The van der Waals surface area contributed by atoms with E-state index in [4.69, 9.17) is 9.47 Å². The van der Waals surface area contributed by atoms with Crippen molar-refractivity contribution in [2.24, 2.45) is 14.1 Å². The zero-order valence-corrected chi connectivity index (χ0v) is 25.3. The first-order valence-electron chi connectivity index (χ1n) is 14.3. The average molecular weight is 621 g/mol. The van der Waals surface area contributed by atoms with E-state index in [9.17, 15) is 19.5 Å². The third-order valence-corrected chi connectivity index (χ3v) is 8.11. The molecule has 1 aromatic heterocycles. The van der Waals surface area contributed by atoms with Crippen LogP contribution in [0.5, 0.6) is 5.75 Å². The Morgan fingerprint density at radius 3 is 2.53 bits per heavy atom. The van der Waals surface area contributed by atoms with Gasteiger partial charge in [0.25, 0.3) is 11.5 Å². The van der Waals surface area contributed by atoms with Crippen molar-refractivity contribution in [2.45, 2.75) is 32.0 Å². The molecule has 2 heterocycles. The standard InChI is InChI=1S/C33H34F2N4O6/c1-18-20(7-6-10-26(18)37-31(41)24-16-38(2)33(43)39(3)32(24)42)22-9-5-8-21(30(22)35)19-13-25(34)23(29(14-19)44-4)15-36-27-11-12-45-17-28(27)40/h5-10,13-14,16,27-28,36,40H,11-12,15,17H2,1-4H3,(H,37,41)/t27-,28-/m0/s1. The highest BCUT2D eigenvalue weighted by molar-refractivity contribution is 6.04. The molecule has 5 rings (SSSR count). The predicted molar refractivity (Wildman–Crippen MR) is 165 cm³/mol. The molecule has 0 aliphatic carbocycles. The monoisotopic (exact) mass is 620 g/mol. The molecule has 0 bridgehead atoms. The second-order valence-electron chi connectivity index (χ2n) is 11.0. The summed E-state index contributed by atoms with van der Waals surface area (Å²) in [4.78, 5) is 37.6. The van der Waals surface area contributed by atoms with Crippen LogP contribution in [0.15, 0.2) is 64.3 Å². The minimum atomic E-state index is -0.742. The number of anilines is 1. The van der Waals surface area contributed by atoms with Crippen molar-refractivity contribution in [1.82, 2.24) is 14.5 Å². The summed E-state index contributed by atoms with van der Waals surface area (Å²) in [6, 6.07) is 12.3. The summed E-state index contributed by atoms with van der Waals surface area (Å²) in [5.41, 5.74) is 0.707. The van der Waals surface area contributed by atoms with Gasteiger partial charge >= 0.3 is 5.69 Å². The lowest BCUT2D eigenvalue weighted by Crippen LogP contribution is -2.46. The van der Waals surface area contributed by atoms with E-state index in [1.165, 1.54) is 33.5 Å². The Morgan fingerprint density at radius 1 is 1.09 bits per heavy atom. The molecule has 45 heavy (non-hydrogen) atoms. The van der Waals surface area contributed by atoms with Gasteiger partial charge < -0.3 is 29.8 Å². The fourth-order valence-electron chi connectivity index (χ4n) is 5.49. The van der Waals surface area contributed by atoms with Crippen molar-refractivity contribution in [3.05, 3.63) is 104 Å². The first-order valence-corrected chi connectivity index (χ1v) is 14.3. The number of carbonyl (C=O) groups is 1. The molecule has 0 unspecified atom stereocenters. The molecular formula is C33H34F2N4O6. The summed E-state index contributed by atoms with van der Waals surface area (Å²) in [5.74, 6) is -1.68. The number of aryl methyl sites for hydroxylation is 1. The molecule has 3 N–H and O–H groups in total. The van der Waals surface area contributed by atoms with Gasteiger partial charge in [-0.25, -0.2) is 13.6 Å². The molecule has 2 atom stereocenters. The van der Waals surface area contributed by atoms with E-state index < -0.39 is 34.9 Å². The molecule has 0 spiro atoms. The number of hydrogen-bond donors (Lipinski definition) is 3. The van der Waals surface area contributed by atoms with Gasteiger partial charge in [0.1, 0.15) is 22.9 Å². The maximum atomic E-state index is 16.2. The van der Waals surface area contributed by atoms with E-state index in [-0.39, 0.29) is 52.8 Å². The highest BCUT2D eigenvalue weighted by atomic mass is 19.1. The average Bonchev–Trinajstić information content (AvgIpc) is 3.02. The molecule has 1 aliphatic rings. The molecule has 0 saturated carbocycles. The van der Waals surface area contributed by atoms with Crippen LogP contribution in [-0.2, 0) is 25.4 Å². The van der Waals surface area contributed by atoms with Crippen molar-refractivity contribution in [2.75, 3.05) is 25.6 Å². The molecule has 0 radical (unpaired) electrons.